The fourth-order valence-corrected chi connectivity index (χ4v) is 3.25. The Morgan fingerprint density at radius 2 is 2.16 bits per heavy atom. The molecular weight excluding hydrogens is 283 g/mol. The number of rotatable bonds is 3. The van der Waals surface area contributed by atoms with Gasteiger partial charge in [0.05, 0.1) is 6.07 Å². The van der Waals surface area contributed by atoms with Crippen LogP contribution in [0.4, 0.5) is 4.39 Å². The maximum Gasteiger partial charge on any atom is 0.129 e. The van der Waals surface area contributed by atoms with E-state index in [1.165, 1.54) is 6.07 Å². The molecule has 1 aliphatic heterocycles. The van der Waals surface area contributed by atoms with Crippen molar-refractivity contribution in [2.75, 3.05) is 19.3 Å². The standard InChI is InChI=1S/C14H16ClFN2S/c1-19-14(10-17)5-7-18(8-6-14)9-11-12(15)3-2-4-13(11)16/h2-4H,5-9H2,1H3. The van der Waals surface area contributed by atoms with Crippen LogP contribution in [0.1, 0.15) is 18.4 Å². The SMILES string of the molecule is CSC1(C#N)CCN(Cc2c(F)cccc2Cl)CC1. The largest absolute Gasteiger partial charge is 0.299 e. The molecule has 1 saturated heterocycles. The Bertz CT molecular complexity index is 472. The third kappa shape index (κ3) is 3.22. The van der Waals surface area contributed by atoms with Gasteiger partial charge in [-0.25, -0.2) is 4.39 Å². The molecule has 0 unspecified atom stereocenters. The lowest BCUT2D eigenvalue weighted by atomic mass is 9.97. The maximum absolute atomic E-state index is 13.7. The minimum atomic E-state index is -0.268. The van der Waals surface area contributed by atoms with E-state index < -0.39 is 0 Å². The third-order valence-electron chi connectivity index (χ3n) is 3.70. The van der Waals surface area contributed by atoms with Crippen LogP contribution in [0, 0.1) is 17.1 Å². The summed E-state index contributed by atoms with van der Waals surface area (Å²) >= 11 is 7.66. The first-order valence-electron chi connectivity index (χ1n) is 6.22. The summed E-state index contributed by atoms with van der Waals surface area (Å²) in [5.41, 5.74) is 0.553. The van der Waals surface area contributed by atoms with Crippen molar-refractivity contribution < 1.29 is 4.39 Å². The molecule has 2 rings (SSSR count). The molecule has 1 aromatic rings. The molecule has 1 aliphatic rings. The Labute approximate surface area is 122 Å². The average Bonchev–Trinajstić information content (AvgIpc) is 2.44. The number of hydrogen-bond donors (Lipinski definition) is 0. The van der Waals surface area contributed by atoms with Crippen LogP contribution < -0.4 is 0 Å². The van der Waals surface area contributed by atoms with Gasteiger partial charge in [0.2, 0.25) is 0 Å². The van der Waals surface area contributed by atoms with E-state index in [1.807, 2.05) is 6.26 Å². The van der Waals surface area contributed by atoms with Crippen LogP contribution in [-0.2, 0) is 6.54 Å². The van der Waals surface area contributed by atoms with E-state index in [4.69, 9.17) is 11.6 Å². The molecule has 19 heavy (non-hydrogen) atoms. The van der Waals surface area contributed by atoms with Crippen molar-refractivity contribution in [2.24, 2.45) is 0 Å². The molecule has 102 valence electrons. The van der Waals surface area contributed by atoms with Gasteiger partial charge in [-0.3, -0.25) is 4.90 Å². The first-order valence-corrected chi connectivity index (χ1v) is 7.82. The van der Waals surface area contributed by atoms with Crippen molar-refractivity contribution in [3.05, 3.63) is 34.6 Å². The normalized spacial score (nSPS) is 19.1. The molecule has 0 amide bonds. The molecule has 0 N–H and O–H groups in total. The van der Waals surface area contributed by atoms with Crippen molar-refractivity contribution in [3.8, 4) is 6.07 Å². The third-order valence-corrected chi connectivity index (χ3v) is 5.34. The topological polar surface area (TPSA) is 27.0 Å². The van der Waals surface area contributed by atoms with Crippen molar-refractivity contribution in [3.63, 3.8) is 0 Å². The quantitative estimate of drug-likeness (QED) is 0.851. The lowest BCUT2D eigenvalue weighted by Gasteiger charge is -2.36. The van der Waals surface area contributed by atoms with Gasteiger partial charge in [-0.1, -0.05) is 17.7 Å². The molecule has 1 fully saturated rings. The molecule has 0 atom stereocenters. The Kier molecular flexibility index (Phi) is 4.72. The zero-order chi connectivity index (χ0) is 13.9. The Balaban J connectivity index is 2.02. The van der Waals surface area contributed by atoms with Crippen molar-refractivity contribution in [2.45, 2.75) is 24.1 Å². The average molecular weight is 299 g/mol. The van der Waals surface area contributed by atoms with Gasteiger partial charge >= 0.3 is 0 Å². The first kappa shape index (κ1) is 14.6. The highest BCUT2D eigenvalue weighted by Gasteiger charge is 2.34. The molecular formula is C14H16ClFN2S. The van der Waals surface area contributed by atoms with Crippen molar-refractivity contribution >= 4 is 23.4 Å². The molecule has 0 saturated carbocycles. The zero-order valence-electron chi connectivity index (χ0n) is 10.8. The van der Waals surface area contributed by atoms with Gasteiger partial charge in [0.1, 0.15) is 10.6 Å². The van der Waals surface area contributed by atoms with Gasteiger partial charge in [0.25, 0.3) is 0 Å². The van der Waals surface area contributed by atoms with E-state index in [-0.39, 0.29) is 10.6 Å². The summed E-state index contributed by atoms with van der Waals surface area (Å²) in [5.74, 6) is -0.255. The summed E-state index contributed by atoms with van der Waals surface area (Å²) in [6.07, 6.45) is 3.61. The van der Waals surface area contributed by atoms with E-state index >= 15 is 0 Å². The molecule has 2 nitrogen and oxygen atoms in total. The predicted octanol–water partition coefficient (Wildman–Crippen LogP) is 3.70. The number of benzene rings is 1. The molecule has 0 aromatic heterocycles. The van der Waals surface area contributed by atoms with Crippen LogP contribution in [0.15, 0.2) is 18.2 Å². The van der Waals surface area contributed by atoms with E-state index in [0.717, 1.165) is 25.9 Å². The smallest absolute Gasteiger partial charge is 0.129 e. The summed E-state index contributed by atoms with van der Waals surface area (Å²) in [7, 11) is 0. The Morgan fingerprint density at radius 3 is 2.68 bits per heavy atom. The maximum atomic E-state index is 13.7. The van der Waals surface area contributed by atoms with Crippen LogP contribution >= 0.6 is 23.4 Å². The van der Waals surface area contributed by atoms with Crippen molar-refractivity contribution in [1.29, 1.82) is 5.26 Å². The number of nitrogens with zero attached hydrogens (tertiary/aromatic N) is 2. The molecule has 5 heteroatoms. The molecule has 0 spiro atoms. The summed E-state index contributed by atoms with van der Waals surface area (Å²) < 4.78 is 13.5. The fourth-order valence-electron chi connectivity index (χ4n) is 2.34. The highest BCUT2D eigenvalue weighted by molar-refractivity contribution is 8.00. The predicted molar refractivity (Wildman–Crippen MR) is 77.8 cm³/mol. The van der Waals surface area contributed by atoms with Gasteiger partial charge < -0.3 is 0 Å². The van der Waals surface area contributed by atoms with E-state index in [2.05, 4.69) is 11.0 Å². The fraction of sp³-hybridized carbons (Fsp3) is 0.500. The van der Waals surface area contributed by atoms with Gasteiger partial charge in [-0.2, -0.15) is 5.26 Å². The highest BCUT2D eigenvalue weighted by Crippen LogP contribution is 2.34. The lowest BCUT2D eigenvalue weighted by Crippen LogP contribution is -2.41. The molecule has 0 bridgehead atoms. The Morgan fingerprint density at radius 1 is 1.47 bits per heavy atom. The van der Waals surface area contributed by atoms with Crippen LogP contribution in [0.3, 0.4) is 0 Å². The van der Waals surface area contributed by atoms with Gasteiger partial charge in [-0.05, 0) is 31.2 Å². The van der Waals surface area contributed by atoms with Gasteiger partial charge in [-0.15, -0.1) is 11.8 Å². The monoisotopic (exact) mass is 298 g/mol. The summed E-state index contributed by atoms with van der Waals surface area (Å²) in [5, 5.41) is 9.71. The number of thioether (sulfide) groups is 1. The number of nitriles is 1. The minimum absolute atomic E-state index is 0.255. The second-order valence-electron chi connectivity index (χ2n) is 4.79. The second-order valence-corrected chi connectivity index (χ2v) is 6.38. The molecule has 0 radical (unpaired) electrons. The first-order chi connectivity index (χ1) is 9.10. The van der Waals surface area contributed by atoms with Crippen LogP contribution in [0.2, 0.25) is 5.02 Å². The van der Waals surface area contributed by atoms with E-state index in [9.17, 15) is 9.65 Å². The lowest BCUT2D eigenvalue weighted by molar-refractivity contribution is 0.207. The summed E-state index contributed by atoms with van der Waals surface area (Å²) in [4.78, 5) is 2.16. The second kappa shape index (κ2) is 6.13. The highest BCUT2D eigenvalue weighted by atomic mass is 35.5. The molecule has 1 aromatic carbocycles. The van der Waals surface area contributed by atoms with E-state index in [1.54, 1.807) is 23.9 Å². The zero-order valence-corrected chi connectivity index (χ0v) is 12.4. The molecule has 0 aliphatic carbocycles. The van der Waals surface area contributed by atoms with Gasteiger partial charge in [0.15, 0.2) is 0 Å². The number of halogens is 2. The number of likely N-dealkylation sites (tertiary alicyclic amines) is 1. The van der Waals surface area contributed by atoms with E-state index in [0.29, 0.717) is 17.1 Å². The minimum Gasteiger partial charge on any atom is -0.299 e. The van der Waals surface area contributed by atoms with Gasteiger partial charge in [0, 0.05) is 30.2 Å². The van der Waals surface area contributed by atoms with Crippen LogP contribution in [0.5, 0.6) is 0 Å². The van der Waals surface area contributed by atoms with Crippen LogP contribution in [0.25, 0.3) is 0 Å². The summed E-state index contributed by atoms with van der Waals surface area (Å²) in [6, 6.07) is 7.18. The number of piperidine rings is 1. The Hall–Kier alpha value is -0.760. The summed E-state index contributed by atoms with van der Waals surface area (Å²) in [6.45, 7) is 2.12. The number of hydrogen-bond acceptors (Lipinski definition) is 3. The van der Waals surface area contributed by atoms with Crippen molar-refractivity contribution in [1.82, 2.24) is 4.90 Å². The molecule has 1 heterocycles. The van der Waals surface area contributed by atoms with Crippen LogP contribution in [-0.4, -0.2) is 29.0 Å².